The van der Waals surface area contributed by atoms with Gasteiger partial charge in [0.2, 0.25) is 0 Å². The van der Waals surface area contributed by atoms with Gasteiger partial charge in [-0.15, -0.1) is 0 Å². The van der Waals surface area contributed by atoms with Crippen LogP contribution in [0.15, 0.2) is 0 Å². The highest BCUT2D eigenvalue weighted by atomic mass is 16.2. The molecular formula is C19H39N2O+. The van der Waals surface area contributed by atoms with Crippen LogP contribution in [0.5, 0.6) is 0 Å². The lowest BCUT2D eigenvalue weighted by Gasteiger charge is -2.30. The molecular weight excluding hydrogens is 272 g/mol. The number of unbranched alkanes of at least 4 members (excludes halogenated alkanes) is 9. The number of rotatable bonds is 12. The Bertz CT molecular complexity index is 302. The van der Waals surface area contributed by atoms with Gasteiger partial charge in [-0.3, -0.25) is 4.79 Å². The molecule has 0 aliphatic carbocycles. The Kier molecular flexibility index (Phi) is 9.77. The minimum absolute atomic E-state index is 0.183. The van der Waals surface area contributed by atoms with Crippen LogP contribution in [0.25, 0.3) is 0 Å². The molecule has 1 amide bonds. The Hall–Kier alpha value is -0.570. The molecule has 1 heterocycles. The van der Waals surface area contributed by atoms with Gasteiger partial charge in [-0.1, -0.05) is 64.7 Å². The number of nitrogens with one attached hydrogen (secondary N) is 1. The van der Waals surface area contributed by atoms with Crippen molar-refractivity contribution >= 4 is 5.91 Å². The van der Waals surface area contributed by atoms with E-state index in [-0.39, 0.29) is 11.9 Å². The smallest absolute Gasteiger partial charge is 0.278 e. The van der Waals surface area contributed by atoms with E-state index < -0.39 is 0 Å². The van der Waals surface area contributed by atoms with Crippen molar-refractivity contribution in [1.82, 2.24) is 5.32 Å². The van der Waals surface area contributed by atoms with Gasteiger partial charge in [0.1, 0.15) is 0 Å². The van der Waals surface area contributed by atoms with E-state index in [1.54, 1.807) is 0 Å². The lowest BCUT2D eigenvalue weighted by atomic mass is 10.1. The number of quaternary nitrogens is 1. The summed E-state index contributed by atoms with van der Waals surface area (Å²) in [4.78, 5) is 12.2. The summed E-state index contributed by atoms with van der Waals surface area (Å²) in [5.41, 5.74) is 0. The lowest BCUT2D eigenvalue weighted by molar-refractivity contribution is -0.893. The minimum atomic E-state index is 0.183. The first-order valence-electron chi connectivity index (χ1n) is 9.68. The Morgan fingerprint density at radius 2 is 1.50 bits per heavy atom. The van der Waals surface area contributed by atoms with Gasteiger partial charge in [0.15, 0.2) is 6.04 Å². The molecule has 0 spiro atoms. The molecule has 1 saturated heterocycles. The molecule has 1 N–H and O–H groups in total. The zero-order valence-corrected chi connectivity index (χ0v) is 15.3. The summed E-state index contributed by atoms with van der Waals surface area (Å²) in [5, 5.41) is 3.15. The van der Waals surface area contributed by atoms with Crippen molar-refractivity contribution in [3.05, 3.63) is 0 Å². The molecule has 0 aromatic heterocycles. The van der Waals surface area contributed by atoms with Crippen molar-refractivity contribution in [2.75, 3.05) is 27.2 Å². The first-order valence-corrected chi connectivity index (χ1v) is 9.68. The van der Waals surface area contributed by atoms with Gasteiger partial charge in [0.05, 0.1) is 20.6 Å². The van der Waals surface area contributed by atoms with Crippen molar-refractivity contribution in [2.45, 2.75) is 90.0 Å². The molecule has 0 unspecified atom stereocenters. The maximum atomic E-state index is 12.2. The fourth-order valence-corrected chi connectivity index (χ4v) is 3.59. The molecule has 130 valence electrons. The predicted molar refractivity (Wildman–Crippen MR) is 94.9 cm³/mol. The molecule has 1 fully saturated rings. The molecule has 22 heavy (non-hydrogen) atoms. The summed E-state index contributed by atoms with van der Waals surface area (Å²) in [5.74, 6) is 0.276. The van der Waals surface area contributed by atoms with Crippen molar-refractivity contribution in [1.29, 1.82) is 0 Å². The second-order valence-electron chi connectivity index (χ2n) is 7.63. The first kappa shape index (κ1) is 19.5. The minimum Gasteiger partial charge on any atom is -0.351 e. The van der Waals surface area contributed by atoms with E-state index in [1.807, 2.05) is 0 Å². The number of nitrogens with zero attached hydrogens (tertiary/aromatic N) is 1. The summed E-state index contributed by atoms with van der Waals surface area (Å²) >= 11 is 0. The van der Waals surface area contributed by atoms with Gasteiger partial charge in [0, 0.05) is 19.4 Å². The topological polar surface area (TPSA) is 29.1 Å². The van der Waals surface area contributed by atoms with E-state index in [0.29, 0.717) is 0 Å². The van der Waals surface area contributed by atoms with Crippen LogP contribution in [0, 0.1) is 0 Å². The average Bonchev–Trinajstić information content (AvgIpc) is 2.84. The van der Waals surface area contributed by atoms with E-state index in [0.717, 1.165) is 30.4 Å². The summed E-state index contributed by atoms with van der Waals surface area (Å²) in [6.07, 6.45) is 15.7. The van der Waals surface area contributed by atoms with Gasteiger partial charge in [-0.05, 0) is 6.42 Å². The molecule has 1 aliphatic heterocycles. The molecule has 1 atom stereocenters. The molecule has 0 radical (unpaired) electrons. The van der Waals surface area contributed by atoms with Crippen molar-refractivity contribution in [3.8, 4) is 0 Å². The van der Waals surface area contributed by atoms with E-state index in [1.165, 1.54) is 64.2 Å². The van der Waals surface area contributed by atoms with Crippen molar-refractivity contribution in [2.24, 2.45) is 0 Å². The third-order valence-electron chi connectivity index (χ3n) is 5.19. The summed E-state index contributed by atoms with van der Waals surface area (Å²) in [6.45, 7) is 4.27. The Morgan fingerprint density at radius 1 is 0.955 bits per heavy atom. The molecule has 0 saturated carbocycles. The van der Waals surface area contributed by atoms with Crippen LogP contribution in [0.3, 0.4) is 0 Å². The number of hydrogen-bond acceptors (Lipinski definition) is 1. The molecule has 0 aromatic carbocycles. The van der Waals surface area contributed by atoms with Crippen LogP contribution >= 0.6 is 0 Å². The number of hydrogen-bond donors (Lipinski definition) is 1. The van der Waals surface area contributed by atoms with Gasteiger partial charge < -0.3 is 9.80 Å². The second-order valence-corrected chi connectivity index (χ2v) is 7.63. The monoisotopic (exact) mass is 311 g/mol. The highest BCUT2D eigenvalue weighted by Crippen LogP contribution is 2.22. The fraction of sp³-hybridized carbons (Fsp3) is 0.947. The van der Waals surface area contributed by atoms with Crippen LogP contribution < -0.4 is 5.32 Å². The molecule has 0 bridgehead atoms. The number of likely N-dealkylation sites (tertiary alicyclic amines) is 1. The van der Waals surface area contributed by atoms with Crippen molar-refractivity contribution < 1.29 is 9.28 Å². The first-order chi connectivity index (χ1) is 10.6. The fourth-order valence-electron chi connectivity index (χ4n) is 3.59. The van der Waals surface area contributed by atoms with Gasteiger partial charge in [-0.25, -0.2) is 0 Å². The second kappa shape index (κ2) is 11.0. The number of carbonyl (C=O) groups is 1. The highest BCUT2D eigenvalue weighted by Gasteiger charge is 2.39. The third-order valence-corrected chi connectivity index (χ3v) is 5.19. The van der Waals surface area contributed by atoms with Crippen molar-refractivity contribution in [3.63, 3.8) is 0 Å². The Morgan fingerprint density at radius 3 is 2.00 bits per heavy atom. The van der Waals surface area contributed by atoms with Gasteiger partial charge in [0.25, 0.3) is 5.91 Å². The zero-order valence-electron chi connectivity index (χ0n) is 15.3. The number of amides is 1. The summed E-state index contributed by atoms with van der Waals surface area (Å²) in [6, 6.07) is 0.183. The molecule has 1 rings (SSSR count). The quantitative estimate of drug-likeness (QED) is 0.423. The maximum absolute atomic E-state index is 12.2. The van der Waals surface area contributed by atoms with Gasteiger partial charge in [-0.2, -0.15) is 0 Å². The Balaban J connectivity index is 1.90. The van der Waals surface area contributed by atoms with E-state index in [4.69, 9.17) is 0 Å². The SMILES string of the molecule is CCCCCCCCCCCCNC(=O)[C@@H]1CCC[N+]1(C)C. The number of carbonyl (C=O) groups excluding carboxylic acids is 1. The van der Waals surface area contributed by atoms with Crippen LogP contribution in [0.2, 0.25) is 0 Å². The van der Waals surface area contributed by atoms with Crippen LogP contribution in [0.1, 0.15) is 84.0 Å². The van der Waals surface area contributed by atoms with E-state index in [9.17, 15) is 4.79 Å². The molecule has 3 nitrogen and oxygen atoms in total. The molecule has 1 aliphatic rings. The third kappa shape index (κ3) is 7.62. The largest absolute Gasteiger partial charge is 0.351 e. The average molecular weight is 312 g/mol. The van der Waals surface area contributed by atoms with Crippen LogP contribution in [-0.2, 0) is 4.79 Å². The van der Waals surface area contributed by atoms with Gasteiger partial charge >= 0.3 is 0 Å². The molecule has 3 heteroatoms. The standard InChI is InChI=1S/C19H38N2O/c1-4-5-6-7-8-9-10-11-12-13-16-20-19(22)18-15-14-17-21(18,2)3/h18H,4-17H2,1-3H3/p+1/t18-/m0/s1. The number of likely N-dealkylation sites (N-methyl/N-ethyl adjacent to an activating group) is 1. The lowest BCUT2D eigenvalue weighted by Crippen LogP contribution is -2.52. The van der Waals surface area contributed by atoms with Crippen LogP contribution in [0.4, 0.5) is 0 Å². The highest BCUT2D eigenvalue weighted by molar-refractivity contribution is 5.80. The van der Waals surface area contributed by atoms with Crippen LogP contribution in [-0.4, -0.2) is 43.6 Å². The maximum Gasteiger partial charge on any atom is 0.278 e. The summed E-state index contributed by atoms with van der Waals surface area (Å²) < 4.78 is 0.865. The molecule has 0 aromatic rings. The summed E-state index contributed by atoms with van der Waals surface area (Å²) in [7, 11) is 4.36. The van der Waals surface area contributed by atoms with E-state index >= 15 is 0 Å². The predicted octanol–water partition coefficient (Wildman–Crippen LogP) is 4.26. The Labute approximate surface area is 138 Å². The zero-order chi connectivity index (χ0) is 16.3. The van der Waals surface area contributed by atoms with E-state index in [2.05, 4.69) is 26.3 Å². The normalized spacial score (nSPS) is 20.2.